The lowest BCUT2D eigenvalue weighted by Gasteiger charge is -2.17. The second-order valence-corrected chi connectivity index (χ2v) is 8.20. The highest BCUT2D eigenvalue weighted by Crippen LogP contribution is 2.35. The average molecular weight is 473 g/mol. The number of hydrogen-bond acceptors (Lipinski definition) is 5. The summed E-state index contributed by atoms with van der Waals surface area (Å²) in [7, 11) is 3.28. The van der Waals surface area contributed by atoms with E-state index in [0.29, 0.717) is 30.2 Å². The summed E-state index contributed by atoms with van der Waals surface area (Å²) in [4.78, 5) is 12.6. The van der Waals surface area contributed by atoms with Gasteiger partial charge in [-0.25, -0.2) is 0 Å². The normalized spacial score (nSPS) is 10.6. The van der Waals surface area contributed by atoms with Crippen molar-refractivity contribution >= 4 is 23.4 Å². The van der Waals surface area contributed by atoms with Crippen LogP contribution in [-0.4, -0.2) is 20.1 Å². The molecule has 0 aliphatic heterocycles. The number of carbonyl (C=O) groups is 1. The molecule has 0 radical (unpaired) electrons. The van der Waals surface area contributed by atoms with Crippen LogP contribution in [0.25, 0.3) is 6.08 Å². The van der Waals surface area contributed by atoms with Crippen LogP contribution in [0, 0.1) is 0 Å². The van der Waals surface area contributed by atoms with Crippen molar-refractivity contribution < 1.29 is 19.0 Å². The second kappa shape index (κ2) is 12.3. The second-order valence-electron chi connectivity index (χ2n) is 8.20. The number of ether oxygens (including phenoxy) is 3. The fraction of sp³-hybridized carbons (Fsp3) is 0.207. The smallest absolute Gasteiger partial charge is 0.248 e. The largest absolute Gasteiger partial charge is 0.497 e. The number of nitrogen functional groups attached to an aromatic ring is 1. The van der Waals surface area contributed by atoms with E-state index in [2.05, 4.69) is 11.4 Å². The van der Waals surface area contributed by atoms with E-state index in [1.165, 1.54) is 11.6 Å². The Balaban J connectivity index is 1.91. The number of amides is 1. The van der Waals surface area contributed by atoms with E-state index in [4.69, 9.17) is 19.9 Å². The molecule has 6 heteroatoms. The molecule has 0 aromatic heterocycles. The van der Waals surface area contributed by atoms with Gasteiger partial charge in [0.25, 0.3) is 0 Å². The van der Waals surface area contributed by atoms with Crippen molar-refractivity contribution in [3.63, 3.8) is 0 Å². The molecule has 0 bridgehead atoms. The quantitative estimate of drug-likeness (QED) is 0.214. The topological polar surface area (TPSA) is 82.8 Å². The third kappa shape index (κ3) is 7.14. The fourth-order valence-corrected chi connectivity index (χ4v) is 3.45. The van der Waals surface area contributed by atoms with Crippen molar-refractivity contribution in [3.8, 4) is 17.2 Å². The van der Waals surface area contributed by atoms with Crippen LogP contribution in [0.3, 0.4) is 0 Å². The number of benzene rings is 3. The van der Waals surface area contributed by atoms with E-state index >= 15 is 0 Å². The number of hydrogen-bond donors (Lipinski definition) is 2. The van der Waals surface area contributed by atoms with E-state index in [-0.39, 0.29) is 5.91 Å². The van der Waals surface area contributed by atoms with Crippen molar-refractivity contribution in [1.82, 2.24) is 0 Å². The van der Waals surface area contributed by atoms with Crippen molar-refractivity contribution in [1.29, 1.82) is 0 Å². The molecule has 0 fully saturated rings. The molecule has 3 N–H and O–H groups in total. The summed E-state index contributed by atoms with van der Waals surface area (Å²) in [5.41, 5.74) is 10.9. The molecule has 0 spiro atoms. The highest BCUT2D eigenvalue weighted by Gasteiger charge is 2.15. The number of allylic oxidation sites excluding steroid dienone is 2. The van der Waals surface area contributed by atoms with Gasteiger partial charge in [0.15, 0.2) is 0 Å². The number of rotatable bonds is 10. The monoisotopic (exact) mass is 472 g/mol. The first kappa shape index (κ1) is 25.4. The predicted octanol–water partition coefficient (Wildman–Crippen LogP) is 6.03. The van der Waals surface area contributed by atoms with Gasteiger partial charge in [0.2, 0.25) is 5.91 Å². The van der Waals surface area contributed by atoms with Gasteiger partial charge in [-0.05, 0) is 68.3 Å². The van der Waals surface area contributed by atoms with Gasteiger partial charge in [0, 0.05) is 17.2 Å². The Hall–Kier alpha value is -4.19. The lowest BCUT2D eigenvalue weighted by Crippen LogP contribution is -2.09. The highest BCUT2D eigenvalue weighted by atomic mass is 16.5. The number of nitrogens with two attached hydrogens (primary N) is 1. The Kier molecular flexibility index (Phi) is 8.95. The van der Waals surface area contributed by atoms with Gasteiger partial charge >= 0.3 is 0 Å². The van der Waals surface area contributed by atoms with Gasteiger partial charge in [0.05, 0.1) is 25.6 Å². The predicted molar refractivity (Wildman–Crippen MR) is 142 cm³/mol. The van der Waals surface area contributed by atoms with Gasteiger partial charge in [0.1, 0.15) is 23.9 Å². The van der Waals surface area contributed by atoms with Crippen molar-refractivity contribution in [2.24, 2.45) is 0 Å². The molecule has 0 aliphatic rings. The van der Waals surface area contributed by atoms with Crippen LogP contribution in [0.15, 0.2) is 78.4 Å². The lowest BCUT2D eigenvalue weighted by molar-refractivity contribution is -0.111. The van der Waals surface area contributed by atoms with Crippen molar-refractivity contribution in [2.75, 3.05) is 25.3 Å². The minimum absolute atomic E-state index is 0.286. The van der Waals surface area contributed by atoms with E-state index < -0.39 is 0 Å². The average Bonchev–Trinajstić information content (AvgIpc) is 2.86. The summed E-state index contributed by atoms with van der Waals surface area (Å²) < 4.78 is 17.2. The molecule has 0 saturated heterocycles. The van der Waals surface area contributed by atoms with Crippen LogP contribution >= 0.6 is 0 Å². The van der Waals surface area contributed by atoms with Crippen LogP contribution in [-0.2, 0) is 17.8 Å². The number of carbonyl (C=O) groups excluding carboxylic acids is 1. The van der Waals surface area contributed by atoms with Gasteiger partial charge in [-0.3, -0.25) is 4.79 Å². The molecule has 1 amide bonds. The van der Waals surface area contributed by atoms with Crippen LogP contribution in [0.2, 0.25) is 0 Å². The molecule has 0 saturated carbocycles. The zero-order valence-electron chi connectivity index (χ0n) is 20.6. The lowest BCUT2D eigenvalue weighted by atomic mass is 10.0. The Morgan fingerprint density at radius 2 is 1.71 bits per heavy atom. The molecule has 0 heterocycles. The molecule has 182 valence electrons. The number of nitrogens with one attached hydrogen (secondary N) is 1. The summed E-state index contributed by atoms with van der Waals surface area (Å²) in [6.07, 6.45) is 5.97. The fourth-order valence-electron chi connectivity index (χ4n) is 3.45. The molecule has 0 aliphatic carbocycles. The first-order valence-electron chi connectivity index (χ1n) is 11.3. The molecule has 0 atom stereocenters. The maximum atomic E-state index is 12.6. The summed E-state index contributed by atoms with van der Waals surface area (Å²) in [5, 5.41) is 2.81. The van der Waals surface area contributed by atoms with Gasteiger partial charge in [-0.1, -0.05) is 35.9 Å². The van der Waals surface area contributed by atoms with Crippen LogP contribution in [0.1, 0.15) is 30.5 Å². The molecule has 0 unspecified atom stereocenters. The molecular weight excluding hydrogens is 440 g/mol. The Labute approximate surface area is 207 Å². The van der Waals surface area contributed by atoms with Crippen molar-refractivity contribution in [3.05, 3.63) is 95.1 Å². The minimum atomic E-state index is -0.286. The highest BCUT2D eigenvalue weighted by molar-refractivity contribution is 6.03. The van der Waals surface area contributed by atoms with Crippen molar-refractivity contribution in [2.45, 2.75) is 26.9 Å². The standard InChI is InChI=1S/C29H32N2O4/c1-20(2)9-16-24-27(34-4)17-12-22(13-18-28(32)31-26-8-6-5-7-25(26)30)29(24)35-19-21-10-14-23(33-3)15-11-21/h5-15,17-18H,16,19,30H2,1-4H3,(H,31,32). The summed E-state index contributed by atoms with van der Waals surface area (Å²) in [5.74, 6) is 1.89. The van der Waals surface area contributed by atoms with E-state index in [1.807, 2.05) is 62.4 Å². The summed E-state index contributed by atoms with van der Waals surface area (Å²) in [6, 6.07) is 18.6. The van der Waals surface area contributed by atoms with E-state index in [9.17, 15) is 4.79 Å². The number of anilines is 2. The first-order valence-corrected chi connectivity index (χ1v) is 11.3. The third-order valence-corrected chi connectivity index (χ3v) is 5.36. The van der Waals surface area contributed by atoms with Crippen LogP contribution in [0.5, 0.6) is 17.2 Å². The molecule has 3 rings (SSSR count). The molecule has 3 aromatic carbocycles. The van der Waals surface area contributed by atoms with Crippen LogP contribution in [0.4, 0.5) is 11.4 Å². The Bertz CT molecular complexity index is 1210. The maximum absolute atomic E-state index is 12.6. The summed E-state index contributed by atoms with van der Waals surface area (Å²) >= 11 is 0. The van der Waals surface area contributed by atoms with E-state index in [0.717, 1.165) is 28.2 Å². The maximum Gasteiger partial charge on any atom is 0.248 e. The Morgan fingerprint density at radius 1 is 0.971 bits per heavy atom. The molecule has 35 heavy (non-hydrogen) atoms. The first-order chi connectivity index (χ1) is 16.9. The zero-order valence-corrected chi connectivity index (χ0v) is 20.6. The number of methoxy groups -OCH3 is 2. The van der Waals surface area contributed by atoms with Gasteiger partial charge in [-0.15, -0.1) is 0 Å². The molecule has 6 nitrogen and oxygen atoms in total. The molecule has 3 aromatic rings. The third-order valence-electron chi connectivity index (χ3n) is 5.36. The zero-order chi connectivity index (χ0) is 25.2. The van der Waals surface area contributed by atoms with Gasteiger partial charge < -0.3 is 25.3 Å². The number of para-hydroxylation sites is 2. The van der Waals surface area contributed by atoms with Crippen LogP contribution < -0.4 is 25.3 Å². The Morgan fingerprint density at radius 3 is 2.37 bits per heavy atom. The van der Waals surface area contributed by atoms with Gasteiger partial charge in [-0.2, -0.15) is 0 Å². The van der Waals surface area contributed by atoms with E-state index in [1.54, 1.807) is 32.4 Å². The SMILES string of the molecule is COc1ccc(COc2c(C=CC(=O)Nc3ccccc3N)ccc(OC)c2CC=C(C)C)cc1. The summed E-state index contributed by atoms with van der Waals surface area (Å²) in [6.45, 7) is 4.45. The minimum Gasteiger partial charge on any atom is -0.497 e. The molecular formula is C29H32N2O4.